The van der Waals surface area contributed by atoms with Gasteiger partial charge < -0.3 is 20.1 Å². The molecule has 0 aromatic heterocycles. The quantitative estimate of drug-likeness (QED) is 0.652. The van der Waals surface area contributed by atoms with Gasteiger partial charge >= 0.3 is 6.18 Å². The number of nitrogens with one attached hydrogen (secondary N) is 2. The van der Waals surface area contributed by atoms with Gasteiger partial charge in [0.05, 0.1) is 6.61 Å². The molecule has 2 aromatic carbocycles. The van der Waals surface area contributed by atoms with E-state index in [1.54, 1.807) is 12.1 Å². The molecule has 2 aromatic rings. The maximum atomic E-state index is 14.3. The molecular weight excluding hydrogens is 456 g/mol. The van der Waals surface area contributed by atoms with Crippen LogP contribution >= 0.6 is 0 Å². The van der Waals surface area contributed by atoms with E-state index in [4.69, 9.17) is 9.47 Å². The van der Waals surface area contributed by atoms with Crippen LogP contribution in [0.15, 0.2) is 30.3 Å². The van der Waals surface area contributed by atoms with E-state index in [-0.39, 0.29) is 18.3 Å². The molecule has 1 fully saturated rings. The summed E-state index contributed by atoms with van der Waals surface area (Å²) in [5.41, 5.74) is -0.515. The summed E-state index contributed by atoms with van der Waals surface area (Å²) in [7, 11) is 0. The van der Waals surface area contributed by atoms with Gasteiger partial charge in [-0.25, -0.2) is 4.39 Å². The topological polar surface area (TPSA) is 76.7 Å². The lowest BCUT2D eigenvalue weighted by Crippen LogP contribution is -2.47. The summed E-state index contributed by atoms with van der Waals surface area (Å²) in [6, 6.07) is 7.22. The third-order valence-corrected chi connectivity index (χ3v) is 7.17. The first-order chi connectivity index (χ1) is 16.0. The number of amides is 2. The van der Waals surface area contributed by atoms with Crippen molar-refractivity contribution in [2.45, 2.75) is 50.6 Å². The van der Waals surface area contributed by atoms with Gasteiger partial charge in [-0.2, -0.15) is 13.2 Å². The van der Waals surface area contributed by atoms with Crippen LogP contribution in [0.2, 0.25) is 0 Å². The highest BCUT2D eigenvalue weighted by atomic mass is 19.4. The van der Waals surface area contributed by atoms with Crippen LogP contribution in [-0.4, -0.2) is 36.3 Å². The van der Waals surface area contributed by atoms with Crippen molar-refractivity contribution in [3.63, 3.8) is 0 Å². The molecular formula is C24H22F4N2O4. The van der Waals surface area contributed by atoms with Crippen LogP contribution in [0.4, 0.5) is 23.2 Å². The first-order valence-corrected chi connectivity index (χ1v) is 10.9. The molecule has 0 radical (unpaired) electrons. The third kappa shape index (κ3) is 3.34. The third-order valence-electron chi connectivity index (χ3n) is 7.17. The van der Waals surface area contributed by atoms with E-state index in [9.17, 15) is 27.2 Å². The van der Waals surface area contributed by atoms with Gasteiger partial charge in [-0.05, 0) is 36.8 Å². The minimum Gasteiger partial charge on any atom is -0.493 e. The van der Waals surface area contributed by atoms with Gasteiger partial charge in [0.25, 0.3) is 11.8 Å². The van der Waals surface area contributed by atoms with Crippen LogP contribution in [0.5, 0.6) is 5.75 Å². The second-order valence-electron chi connectivity index (χ2n) is 9.04. The number of carbonyl (C=O) groups is 2. The van der Waals surface area contributed by atoms with Gasteiger partial charge in [0.1, 0.15) is 17.7 Å². The number of hydrogen-bond acceptors (Lipinski definition) is 4. The summed E-state index contributed by atoms with van der Waals surface area (Å²) < 4.78 is 67.6. The highest BCUT2D eigenvalue weighted by molar-refractivity contribution is 6.00. The van der Waals surface area contributed by atoms with E-state index in [0.29, 0.717) is 40.9 Å². The average molecular weight is 478 g/mol. The zero-order valence-corrected chi connectivity index (χ0v) is 18.4. The van der Waals surface area contributed by atoms with Gasteiger partial charge in [0, 0.05) is 47.2 Å². The second kappa shape index (κ2) is 7.69. The number of hydrogen-bond donors (Lipinski definition) is 2. The SMILES string of the molecule is CC1C(c2ccc(F)c3c2OCC3)C(C(=O)Nc2ccc3c(c2)CNC3=O)OC1(C)C(F)(F)F. The zero-order chi connectivity index (χ0) is 24.4. The summed E-state index contributed by atoms with van der Waals surface area (Å²) in [6.07, 6.45) is -5.95. The number of anilines is 1. The smallest absolute Gasteiger partial charge is 0.417 e. The molecule has 2 N–H and O–H groups in total. The van der Waals surface area contributed by atoms with Crippen molar-refractivity contribution in [1.29, 1.82) is 0 Å². The molecule has 34 heavy (non-hydrogen) atoms. The molecule has 0 aliphatic carbocycles. The van der Waals surface area contributed by atoms with Crippen LogP contribution < -0.4 is 15.4 Å². The molecule has 6 nitrogen and oxygen atoms in total. The normalized spacial score (nSPS) is 27.7. The Morgan fingerprint density at radius 3 is 2.74 bits per heavy atom. The maximum Gasteiger partial charge on any atom is 0.417 e. The van der Waals surface area contributed by atoms with Gasteiger partial charge in [0.15, 0.2) is 5.60 Å². The van der Waals surface area contributed by atoms with Gasteiger partial charge in [-0.15, -0.1) is 0 Å². The fourth-order valence-corrected chi connectivity index (χ4v) is 5.09. The predicted molar refractivity (Wildman–Crippen MR) is 113 cm³/mol. The second-order valence-corrected chi connectivity index (χ2v) is 9.04. The predicted octanol–water partition coefficient (Wildman–Crippen LogP) is 4.08. The number of rotatable bonds is 3. The fraction of sp³-hybridized carbons (Fsp3) is 0.417. The Balaban J connectivity index is 1.52. The van der Waals surface area contributed by atoms with Gasteiger partial charge in [-0.3, -0.25) is 9.59 Å². The van der Waals surface area contributed by atoms with Gasteiger partial charge in [0.2, 0.25) is 0 Å². The number of alkyl halides is 3. The van der Waals surface area contributed by atoms with Crippen LogP contribution in [0, 0.1) is 11.7 Å². The minimum absolute atomic E-state index is 0.187. The molecule has 0 spiro atoms. The first kappa shape index (κ1) is 22.6. The molecule has 0 saturated carbocycles. The van der Waals surface area contributed by atoms with E-state index < -0.39 is 41.4 Å². The Bertz CT molecular complexity index is 1200. The highest BCUT2D eigenvalue weighted by Crippen LogP contribution is 2.55. The van der Waals surface area contributed by atoms with E-state index in [2.05, 4.69) is 10.6 Å². The highest BCUT2D eigenvalue weighted by Gasteiger charge is 2.66. The van der Waals surface area contributed by atoms with Crippen LogP contribution in [-0.2, 0) is 22.5 Å². The fourth-order valence-electron chi connectivity index (χ4n) is 5.09. The largest absolute Gasteiger partial charge is 0.493 e. The summed E-state index contributed by atoms with van der Waals surface area (Å²) in [5, 5.41) is 5.30. The molecule has 0 bridgehead atoms. The van der Waals surface area contributed by atoms with E-state index >= 15 is 0 Å². The van der Waals surface area contributed by atoms with Crippen LogP contribution in [0.1, 0.15) is 46.8 Å². The van der Waals surface area contributed by atoms with Crippen molar-refractivity contribution in [3.8, 4) is 5.75 Å². The van der Waals surface area contributed by atoms with Gasteiger partial charge in [-0.1, -0.05) is 13.0 Å². The summed E-state index contributed by atoms with van der Waals surface area (Å²) in [4.78, 5) is 25.1. The number of ether oxygens (including phenoxy) is 2. The zero-order valence-electron chi connectivity index (χ0n) is 18.4. The number of halogens is 4. The van der Waals surface area contributed by atoms with E-state index in [1.165, 1.54) is 25.1 Å². The molecule has 180 valence electrons. The Morgan fingerprint density at radius 1 is 1.24 bits per heavy atom. The van der Waals surface area contributed by atoms with E-state index in [1.807, 2.05) is 0 Å². The molecule has 2 amide bonds. The van der Waals surface area contributed by atoms with Crippen molar-refractivity contribution >= 4 is 17.5 Å². The Morgan fingerprint density at radius 2 is 2.00 bits per heavy atom. The minimum atomic E-state index is -4.75. The molecule has 4 atom stereocenters. The van der Waals surface area contributed by atoms with Crippen LogP contribution in [0.3, 0.4) is 0 Å². The lowest BCUT2D eigenvalue weighted by Gasteiger charge is -2.32. The van der Waals surface area contributed by atoms with Crippen molar-refractivity contribution in [1.82, 2.24) is 5.32 Å². The average Bonchev–Trinajstić information content (AvgIpc) is 3.47. The first-order valence-electron chi connectivity index (χ1n) is 10.9. The van der Waals surface area contributed by atoms with Crippen LogP contribution in [0.25, 0.3) is 0 Å². The molecule has 4 unspecified atom stereocenters. The molecule has 10 heteroatoms. The molecule has 1 saturated heterocycles. The summed E-state index contributed by atoms with van der Waals surface area (Å²) in [6.45, 7) is 2.81. The number of carbonyl (C=O) groups excluding carboxylic acids is 2. The summed E-state index contributed by atoms with van der Waals surface area (Å²) in [5.74, 6) is -3.50. The molecule has 3 aliphatic rings. The number of fused-ring (bicyclic) bond motifs is 2. The van der Waals surface area contributed by atoms with Crippen molar-refractivity contribution in [3.05, 3.63) is 58.4 Å². The molecule has 3 aliphatic heterocycles. The lowest BCUT2D eigenvalue weighted by molar-refractivity contribution is -0.272. The Hall–Kier alpha value is -3.14. The number of benzene rings is 2. The molecule has 3 heterocycles. The van der Waals surface area contributed by atoms with Crippen molar-refractivity contribution in [2.24, 2.45) is 5.92 Å². The molecule has 5 rings (SSSR count). The Kier molecular flexibility index (Phi) is 5.12. The van der Waals surface area contributed by atoms with Crippen molar-refractivity contribution in [2.75, 3.05) is 11.9 Å². The standard InChI is InChI=1S/C24H22F4N2O4/c1-11-18(16-5-6-17(25)15-7-8-33-19(15)16)20(34-23(11,2)24(26,27)28)22(32)30-13-3-4-14-12(9-13)10-29-21(14)31/h3-6,9,11,18,20H,7-8,10H2,1-2H3,(H,29,31)(H,30,32). The summed E-state index contributed by atoms with van der Waals surface area (Å²) >= 11 is 0. The monoisotopic (exact) mass is 478 g/mol. The van der Waals surface area contributed by atoms with Crippen molar-refractivity contribution < 1.29 is 36.6 Å². The Labute approximate surface area is 192 Å². The van der Waals surface area contributed by atoms with E-state index in [0.717, 1.165) is 6.92 Å². The lowest BCUT2D eigenvalue weighted by atomic mass is 9.76. The maximum absolute atomic E-state index is 14.3.